The Kier molecular flexibility index (Phi) is 5.08. The van der Waals surface area contributed by atoms with Gasteiger partial charge in [-0.3, -0.25) is 4.57 Å². The number of nitrogens with two attached hydrogens (primary N) is 1. The third-order valence-corrected chi connectivity index (χ3v) is 5.23. The third-order valence-electron chi connectivity index (χ3n) is 4.08. The van der Waals surface area contributed by atoms with E-state index in [-0.39, 0.29) is 6.16 Å². The molecule has 25 heavy (non-hydrogen) atoms. The molecule has 1 aromatic carbocycles. The number of benzene rings is 1. The molecule has 0 aliphatic rings. The van der Waals surface area contributed by atoms with Gasteiger partial charge in [-0.2, -0.15) is 0 Å². The monoisotopic (exact) mass is 362 g/mol. The molecule has 3 aromatic rings. The Hall–Kier alpha value is -1.95. The van der Waals surface area contributed by atoms with E-state index in [4.69, 9.17) is 10.5 Å². The first kappa shape index (κ1) is 17.9. The van der Waals surface area contributed by atoms with Crippen molar-refractivity contribution >= 4 is 35.1 Å². The highest BCUT2D eigenvalue weighted by molar-refractivity contribution is 7.57. The van der Waals surface area contributed by atoms with Gasteiger partial charge in [0.1, 0.15) is 17.9 Å². The van der Waals surface area contributed by atoms with E-state index >= 15 is 0 Å². The van der Waals surface area contributed by atoms with Gasteiger partial charge in [0.05, 0.1) is 11.0 Å². The normalized spacial score (nSPS) is 14.2. The van der Waals surface area contributed by atoms with E-state index in [1.165, 1.54) is 6.66 Å². The van der Waals surface area contributed by atoms with Crippen molar-refractivity contribution in [2.45, 2.75) is 26.5 Å². The molecule has 7 nitrogen and oxygen atoms in total. The van der Waals surface area contributed by atoms with E-state index in [1.807, 2.05) is 35.8 Å². The van der Waals surface area contributed by atoms with Gasteiger partial charge in [-0.05, 0) is 19.4 Å². The fraction of sp³-hybridized carbons (Fsp3) is 0.412. The predicted octanol–water partition coefficient (Wildman–Crippen LogP) is 2.99. The molecule has 0 saturated heterocycles. The lowest BCUT2D eigenvalue weighted by Gasteiger charge is -2.12. The van der Waals surface area contributed by atoms with Crippen molar-refractivity contribution < 1.29 is 14.2 Å². The second-order valence-corrected chi connectivity index (χ2v) is 8.71. The van der Waals surface area contributed by atoms with Gasteiger partial charge in [-0.1, -0.05) is 18.2 Å². The summed E-state index contributed by atoms with van der Waals surface area (Å²) in [5.41, 5.74) is 8.48. The highest BCUT2D eigenvalue weighted by atomic mass is 31.2. The van der Waals surface area contributed by atoms with Crippen LogP contribution in [0.3, 0.4) is 0 Å². The molecule has 8 heteroatoms. The molecular weight excluding hydrogens is 339 g/mol. The predicted molar refractivity (Wildman–Crippen MR) is 100 cm³/mol. The number of rotatable bonds is 7. The molecule has 0 saturated carbocycles. The number of hydrogen-bond donors (Lipinski definition) is 2. The number of hydrogen-bond acceptors (Lipinski definition) is 5. The molecule has 3 rings (SSSR count). The SMILES string of the molecule is CCOCc1nc2c(N)nc3ccccc3c2n1CCCP(C)(=O)O. The minimum Gasteiger partial charge on any atom is -0.382 e. The number of imidazole rings is 1. The van der Waals surface area contributed by atoms with Gasteiger partial charge in [0, 0.05) is 31.4 Å². The van der Waals surface area contributed by atoms with E-state index < -0.39 is 7.37 Å². The Labute approximate surface area is 146 Å². The van der Waals surface area contributed by atoms with Crippen molar-refractivity contribution in [3.63, 3.8) is 0 Å². The van der Waals surface area contributed by atoms with Crippen molar-refractivity contribution in [3.8, 4) is 0 Å². The number of nitrogen functional groups attached to an aromatic ring is 1. The lowest BCUT2D eigenvalue weighted by atomic mass is 10.2. The highest BCUT2D eigenvalue weighted by Gasteiger charge is 2.18. The van der Waals surface area contributed by atoms with E-state index in [0.717, 1.165) is 22.2 Å². The highest BCUT2D eigenvalue weighted by Crippen LogP contribution is 2.36. The van der Waals surface area contributed by atoms with Gasteiger partial charge in [-0.15, -0.1) is 0 Å². The molecule has 0 spiro atoms. The molecule has 0 aliphatic carbocycles. The molecule has 3 N–H and O–H groups in total. The summed E-state index contributed by atoms with van der Waals surface area (Å²) in [5, 5.41) is 0.964. The smallest absolute Gasteiger partial charge is 0.197 e. The standard InChI is InChI=1S/C17H23N4O3P/c1-3-24-11-14-20-15-16(21(14)9-6-10-25(2,22)23)12-7-4-5-8-13(12)19-17(15)18/h4-5,7-8H,3,6,9-11H2,1-2H3,(H2,18,19)(H,22,23). The van der Waals surface area contributed by atoms with Gasteiger partial charge >= 0.3 is 0 Å². The number of fused-ring (bicyclic) bond motifs is 3. The Balaban J connectivity index is 2.13. The minimum atomic E-state index is -3.04. The Morgan fingerprint density at radius 1 is 1.32 bits per heavy atom. The number of para-hydroxylation sites is 1. The summed E-state index contributed by atoms with van der Waals surface area (Å²) in [7, 11) is -3.04. The number of pyridine rings is 1. The maximum Gasteiger partial charge on any atom is 0.197 e. The Bertz CT molecular complexity index is 948. The van der Waals surface area contributed by atoms with Crippen LogP contribution in [0.15, 0.2) is 24.3 Å². The third kappa shape index (κ3) is 3.84. The van der Waals surface area contributed by atoms with Gasteiger partial charge in [-0.25, -0.2) is 9.97 Å². The maximum atomic E-state index is 11.6. The molecule has 0 amide bonds. The number of anilines is 1. The van der Waals surface area contributed by atoms with Gasteiger partial charge < -0.3 is 19.9 Å². The molecular formula is C17H23N4O3P. The molecule has 0 fully saturated rings. The Morgan fingerprint density at radius 2 is 2.08 bits per heavy atom. The zero-order valence-corrected chi connectivity index (χ0v) is 15.4. The molecule has 1 unspecified atom stereocenters. The summed E-state index contributed by atoms with van der Waals surface area (Å²) >= 11 is 0. The second kappa shape index (κ2) is 7.12. The summed E-state index contributed by atoms with van der Waals surface area (Å²) in [6, 6.07) is 7.77. The summed E-state index contributed by atoms with van der Waals surface area (Å²) in [5.74, 6) is 1.14. The number of aryl methyl sites for hydroxylation is 1. The molecule has 134 valence electrons. The minimum absolute atomic E-state index is 0.263. The largest absolute Gasteiger partial charge is 0.382 e. The zero-order chi connectivity index (χ0) is 18.0. The van der Waals surface area contributed by atoms with Crippen molar-refractivity contribution in [2.75, 3.05) is 25.2 Å². The lowest BCUT2D eigenvalue weighted by Crippen LogP contribution is -2.07. The van der Waals surface area contributed by atoms with Crippen LogP contribution in [-0.2, 0) is 22.5 Å². The molecule has 2 heterocycles. The Morgan fingerprint density at radius 3 is 2.80 bits per heavy atom. The fourth-order valence-electron chi connectivity index (χ4n) is 2.97. The summed E-state index contributed by atoms with van der Waals surface area (Å²) < 4.78 is 19.2. The van der Waals surface area contributed by atoms with Crippen molar-refractivity contribution in [3.05, 3.63) is 30.1 Å². The fourth-order valence-corrected chi connectivity index (χ4v) is 3.70. The van der Waals surface area contributed by atoms with Gasteiger partial charge in [0.25, 0.3) is 0 Å². The van der Waals surface area contributed by atoms with E-state index in [2.05, 4.69) is 9.97 Å². The van der Waals surface area contributed by atoms with Crippen LogP contribution in [0.4, 0.5) is 5.82 Å². The van der Waals surface area contributed by atoms with Crippen LogP contribution in [0.2, 0.25) is 0 Å². The van der Waals surface area contributed by atoms with Crippen LogP contribution in [0, 0.1) is 0 Å². The summed E-state index contributed by atoms with van der Waals surface area (Å²) in [6.45, 7) is 4.83. The van der Waals surface area contributed by atoms with Crippen molar-refractivity contribution in [1.29, 1.82) is 0 Å². The first-order chi connectivity index (χ1) is 11.9. The lowest BCUT2D eigenvalue weighted by molar-refractivity contribution is 0.126. The van der Waals surface area contributed by atoms with Crippen molar-refractivity contribution in [2.24, 2.45) is 0 Å². The van der Waals surface area contributed by atoms with Crippen LogP contribution in [0.1, 0.15) is 19.2 Å². The summed E-state index contributed by atoms with van der Waals surface area (Å²) in [4.78, 5) is 18.6. The zero-order valence-electron chi connectivity index (χ0n) is 14.5. The first-order valence-electron chi connectivity index (χ1n) is 8.31. The molecule has 1 atom stereocenters. The molecule has 0 bridgehead atoms. The van der Waals surface area contributed by atoms with Gasteiger partial charge in [0.2, 0.25) is 0 Å². The van der Waals surface area contributed by atoms with Crippen LogP contribution in [-0.4, -0.2) is 38.9 Å². The summed E-state index contributed by atoms with van der Waals surface area (Å²) in [6.07, 6.45) is 0.838. The van der Waals surface area contributed by atoms with Gasteiger partial charge in [0.15, 0.2) is 13.2 Å². The topological polar surface area (TPSA) is 103 Å². The van der Waals surface area contributed by atoms with Crippen LogP contribution < -0.4 is 5.73 Å². The van der Waals surface area contributed by atoms with E-state index in [0.29, 0.717) is 37.5 Å². The molecule has 2 aromatic heterocycles. The number of aromatic nitrogens is 3. The average molecular weight is 362 g/mol. The van der Waals surface area contributed by atoms with E-state index in [1.54, 1.807) is 0 Å². The second-order valence-electron chi connectivity index (χ2n) is 6.16. The quantitative estimate of drug-likeness (QED) is 0.626. The van der Waals surface area contributed by atoms with Crippen LogP contribution in [0.5, 0.6) is 0 Å². The van der Waals surface area contributed by atoms with Crippen molar-refractivity contribution in [1.82, 2.24) is 14.5 Å². The average Bonchev–Trinajstić information content (AvgIpc) is 2.91. The molecule has 0 aliphatic heterocycles. The first-order valence-corrected chi connectivity index (χ1v) is 10.6. The van der Waals surface area contributed by atoms with Crippen LogP contribution >= 0.6 is 7.37 Å². The van der Waals surface area contributed by atoms with Crippen LogP contribution in [0.25, 0.3) is 21.9 Å². The maximum absolute atomic E-state index is 11.6. The van der Waals surface area contributed by atoms with E-state index in [9.17, 15) is 9.46 Å². The molecule has 0 radical (unpaired) electrons. The number of nitrogens with zero attached hydrogens (tertiary/aromatic N) is 3. The number of ether oxygens (including phenoxy) is 1.